The number of hydrogen-bond acceptors (Lipinski definition) is 3. The first-order chi connectivity index (χ1) is 6.98. The van der Waals surface area contributed by atoms with Crippen molar-refractivity contribution in [1.82, 2.24) is 4.31 Å². The van der Waals surface area contributed by atoms with Crippen molar-refractivity contribution >= 4 is 10.0 Å². The van der Waals surface area contributed by atoms with E-state index in [2.05, 4.69) is 6.07 Å². The van der Waals surface area contributed by atoms with Crippen molar-refractivity contribution in [2.75, 3.05) is 13.1 Å². The molecule has 2 rings (SSSR count). The van der Waals surface area contributed by atoms with Gasteiger partial charge in [0.15, 0.2) is 0 Å². The van der Waals surface area contributed by atoms with Gasteiger partial charge in [0.1, 0.15) is 0 Å². The first kappa shape index (κ1) is 10.9. The minimum absolute atomic E-state index is 0.121. The van der Waals surface area contributed by atoms with Gasteiger partial charge in [0, 0.05) is 13.1 Å². The van der Waals surface area contributed by atoms with Gasteiger partial charge in [0.05, 0.1) is 16.7 Å². The van der Waals surface area contributed by atoms with Gasteiger partial charge in [-0.3, -0.25) is 0 Å². The third-order valence-corrected chi connectivity index (χ3v) is 5.80. The van der Waals surface area contributed by atoms with Crippen molar-refractivity contribution < 1.29 is 8.42 Å². The van der Waals surface area contributed by atoms with E-state index in [1.807, 2.05) is 6.92 Å². The third kappa shape index (κ3) is 2.01. The lowest BCUT2D eigenvalue weighted by molar-refractivity contribution is 0.232. The van der Waals surface area contributed by atoms with Gasteiger partial charge in [-0.05, 0) is 32.6 Å². The summed E-state index contributed by atoms with van der Waals surface area (Å²) >= 11 is 0. The lowest BCUT2D eigenvalue weighted by atomic mass is 9.83. The number of hydrogen-bond donors (Lipinski definition) is 0. The molecular formula is C10H16N2O2S. The van der Waals surface area contributed by atoms with Crippen LogP contribution in [0.15, 0.2) is 0 Å². The van der Waals surface area contributed by atoms with Gasteiger partial charge in [0.25, 0.3) is 0 Å². The summed E-state index contributed by atoms with van der Waals surface area (Å²) in [4.78, 5) is 0. The molecule has 0 aromatic heterocycles. The average Bonchev–Trinajstić information content (AvgIpc) is 3.02. The van der Waals surface area contributed by atoms with Crippen LogP contribution in [0.5, 0.6) is 0 Å². The lowest BCUT2D eigenvalue weighted by Crippen LogP contribution is -2.43. The quantitative estimate of drug-likeness (QED) is 0.711. The Morgan fingerprint density at radius 2 is 1.87 bits per heavy atom. The molecule has 0 aromatic rings. The molecule has 0 radical (unpaired) electrons. The molecule has 0 N–H and O–H groups in total. The van der Waals surface area contributed by atoms with Gasteiger partial charge in [-0.15, -0.1) is 0 Å². The maximum atomic E-state index is 11.9. The standard InChI is InChI=1S/C10H16N2O2S/c1-10(8-11)4-6-12(7-5-10)15(13,14)9-2-3-9/h9H,2-7H2,1H3. The van der Waals surface area contributed by atoms with Gasteiger partial charge >= 0.3 is 0 Å². The van der Waals surface area contributed by atoms with Crippen molar-refractivity contribution in [3.05, 3.63) is 0 Å². The van der Waals surface area contributed by atoms with Crippen LogP contribution in [0.3, 0.4) is 0 Å². The molecule has 0 aromatic carbocycles. The molecule has 0 spiro atoms. The zero-order valence-electron chi connectivity index (χ0n) is 8.94. The van der Waals surface area contributed by atoms with Gasteiger partial charge in [0.2, 0.25) is 10.0 Å². The molecular weight excluding hydrogens is 212 g/mol. The van der Waals surface area contributed by atoms with Crippen LogP contribution in [0.2, 0.25) is 0 Å². The number of rotatable bonds is 2. The Morgan fingerprint density at radius 1 is 1.33 bits per heavy atom. The van der Waals surface area contributed by atoms with Crippen molar-refractivity contribution in [3.63, 3.8) is 0 Å². The van der Waals surface area contributed by atoms with Crippen LogP contribution < -0.4 is 0 Å². The van der Waals surface area contributed by atoms with Crippen molar-refractivity contribution in [1.29, 1.82) is 5.26 Å². The van der Waals surface area contributed by atoms with Crippen LogP contribution in [0.25, 0.3) is 0 Å². The predicted molar refractivity (Wildman–Crippen MR) is 56.5 cm³/mol. The monoisotopic (exact) mass is 228 g/mol. The second kappa shape index (κ2) is 3.46. The summed E-state index contributed by atoms with van der Waals surface area (Å²) < 4.78 is 25.4. The van der Waals surface area contributed by atoms with Crippen LogP contribution in [0, 0.1) is 16.7 Å². The second-order valence-corrected chi connectivity index (χ2v) is 7.03. The zero-order valence-corrected chi connectivity index (χ0v) is 9.76. The van der Waals surface area contributed by atoms with E-state index in [1.165, 1.54) is 0 Å². The summed E-state index contributed by atoms with van der Waals surface area (Å²) in [6, 6.07) is 2.28. The molecule has 0 atom stereocenters. The highest BCUT2D eigenvalue weighted by molar-refractivity contribution is 7.90. The smallest absolute Gasteiger partial charge is 0.212 e. The van der Waals surface area contributed by atoms with E-state index in [-0.39, 0.29) is 10.7 Å². The Bertz CT molecular complexity index is 384. The molecule has 2 fully saturated rings. The molecule has 2 aliphatic rings. The highest BCUT2D eigenvalue weighted by Crippen LogP contribution is 2.36. The van der Waals surface area contributed by atoms with Crippen LogP contribution in [0.1, 0.15) is 32.6 Å². The first-order valence-electron chi connectivity index (χ1n) is 5.38. The van der Waals surface area contributed by atoms with Crippen LogP contribution in [-0.2, 0) is 10.0 Å². The van der Waals surface area contributed by atoms with E-state index < -0.39 is 10.0 Å². The van der Waals surface area contributed by atoms with Crippen LogP contribution in [-0.4, -0.2) is 31.1 Å². The van der Waals surface area contributed by atoms with E-state index >= 15 is 0 Å². The van der Waals surface area contributed by atoms with E-state index in [0.29, 0.717) is 25.9 Å². The van der Waals surface area contributed by atoms with E-state index in [9.17, 15) is 8.42 Å². The molecule has 0 amide bonds. The Hall–Kier alpha value is -0.600. The van der Waals surface area contributed by atoms with Crippen molar-refractivity contribution in [3.8, 4) is 6.07 Å². The normalized spacial score (nSPS) is 27.2. The fraction of sp³-hybridized carbons (Fsp3) is 0.900. The number of piperidine rings is 1. The molecule has 1 saturated carbocycles. The summed E-state index contributed by atoms with van der Waals surface area (Å²) in [5, 5.41) is 8.82. The summed E-state index contributed by atoms with van der Waals surface area (Å²) in [5.74, 6) is 0. The van der Waals surface area contributed by atoms with Crippen molar-refractivity contribution in [2.24, 2.45) is 5.41 Å². The lowest BCUT2D eigenvalue weighted by Gasteiger charge is -2.34. The molecule has 84 valence electrons. The Morgan fingerprint density at radius 3 is 2.27 bits per heavy atom. The highest BCUT2D eigenvalue weighted by atomic mass is 32.2. The molecule has 1 aliphatic heterocycles. The molecule has 1 heterocycles. The molecule has 1 saturated heterocycles. The molecule has 0 bridgehead atoms. The summed E-state index contributed by atoms with van der Waals surface area (Å²) in [5.41, 5.74) is -0.324. The highest BCUT2D eigenvalue weighted by Gasteiger charge is 2.42. The topological polar surface area (TPSA) is 61.2 Å². The number of nitrogens with zero attached hydrogens (tertiary/aromatic N) is 2. The van der Waals surface area contributed by atoms with E-state index in [0.717, 1.165) is 12.8 Å². The van der Waals surface area contributed by atoms with Crippen molar-refractivity contribution in [2.45, 2.75) is 37.9 Å². The average molecular weight is 228 g/mol. The first-order valence-corrected chi connectivity index (χ1v) is 6.88. The Kier molecular flexibility index (Phi) is 2.52. The minimum atomic E-state index is -3.02. The van der Waals surface area contributed by atoms with Gasteiger partial charge in [-0.1, -0.05) is 0 Å². The summed E-state index contributed by atoms with van der Waals surface area (Å²) in [6.07, 6.45) is 2.95. The third-order valence-electron chi connectivity index (χ3n) is 3.40. The number of sulfonamides is 1. The fourth-order valence-electron chi connectivity index (χ4n) is 1.92. The molecule has 5 heteroatoms. The minimum Gasteiger partial charge on any atom is -0.212 e. The van der Waals surface area contributed by atoms with E-state index in [1.54, 1.807) is 4.31 Å². The second-order valence-electron chi connectivity index (χ2n) is 4.82. The largest absolute Gasteiger partial charge is 0.216 e. The molecule has 1 aliphatic carbocycles. The van der Waals surface area contributed by atoms with Gasteiger partial charge < -0.3 is 0 Å². The Labute approximate surface area is 90.9 Å². The fourth-order valence-corrected chi connectivity index (χ4v) is 3.77. The summed E-state index contributed by atoms with van der Waals surface area (Å²) in [6.45, 7) is 2.94. The van der Waals surface area contributed by atoms with Gasteiger partial charge in [-0.2, -0.15) is 5.26 Å². The molecule has 4 nitrogen and oxygen atoms in total. The molecule has 0 unspecified atom stereocenters. The van der Waals surface area contributed by atoms with Crippen LogP contribution >= 0.6 is 0 Å². The predicted octanol–water partition coefficient (Wildman–Crippen LogP) is 1.10. The van der Waals surface area contributed by atoms with Gasteiger partial charge in [-0.25, -0.2) is 12.7 Å². The maximum absolute atomic E-state index is 11.9. The molecule has 15 heavy (non-hydrogen) atoms. The van der Waals surface area contributed by atoms with E-state index in [4.69, 9.17) is 5.26 Å². The SMILES string of the molecule is CC1(C#N)CCN(S(=O)(=O)C2CC2)CC1. The summed E-state index contributed by atoms with van der Waals surface area (Å²) in [7, 11) is -3.02. The Balaban J connectivity index is 2.03. The zero-order chi connectivity index (χ0) is 11.1. The van der Waals surface area contributed by atoms with Crippen LogP contribution in [0.4, 0.5) is 0 Å². The maximum Gasteiger partial charge on any atom is 0.216 e. The number of nitriles is 1.